The maximum atomic E-state index is 12.2. The van der Waals surface area contributed by atoms with Gasteiger partial charge in [-0.1, -0.05) is 0 Å². The van der Waals surface area contributed by atoms with Crippen LogP contribution in [0, 0.1) is 12.3 Å². The number of nitrogens with one attached hydrogen (secondary N) is 1. The zero-order valence-electron chi connectivity index (χ0n) is 11.6. The predicted octanol–water partition coefficient (Wildman–Crippen LogP) is 1.43. The van der Waals surface area contributed by atoms with E-state index in [1.807, 2.05) is 0 Å². The molecule has 0 unspecified atom stereocenters. The fraction of sp³-hybridized carbons (Fsp3) is 0.462. The molecule has 0 bridgehead atoms. The minimum Gasteiger partial charge on any atom is -0.480 e. The Bertz CT molecular complexity index is 655. The molecule has 0 saturated heterocycles. The summed E-state index contributed by atoms with van der Waals surface area (Å²) in [5.41, 5.74) is -0.289. The molecule has 9 heteroatoms. The summed E-state index contributed by atoms with van der Waals surface area (Å²) in [6.07, 6.45) is 8.41. The third-order valence-electron chi connectivity index (χ3n) is 3.16. The van der Waals surface area contributed by atoms with Crippen molar-refractivity contribution in [3.63, 3.8) is 0 Å². The van der Waals surface area contributed by atoms with Gasteiger partial charge in [-0.3, -0.25) is 9.59 Å². The zero-order chi connectivity index (χ0) is 16.2. The van der Waals surface area contributed by atoms with Gasteiger partial charge in [0.1, 0.15) is 12.2 Å². The highest BCUT2D eigenvalue weighted by Crippen LogP contribution is 2.36. The van der Waals surface area contributed by atoms with Gasteiger partial charge >= 0.3 is 5.97 Å². The SMILES string of the molecule is C#CCCC1(CCNC(=O)c2c(Br)cnn2CC(=O)O)N=N1. The molecule has 0 radical (unpaired) electrons. The number of aliphatic carboxylic acids is 1. The standard InChI is InChI=1S/C13H14BrN5O3/c1-2-3-4-13(17-18-13)5-6-15-12(22)11-9(14)7-16-19(11)8-10(20)21/h1,7H,3-6,8H2,(H,15,22)(H,20,21). The van der Waals surface area contributed by atoms with E-state index in [1.165, 1.54) is 6.20 Å². The first-order valence-electron chi connectivity index (χ1n) is 6.56. The third-order valence-corrected chi connectivity index (χ3v) is 3.74. The Hall–Kier alpha value is -2.21. The molecule has 1 aliphatic heterocycles. The van der Waals surface area contributed by atoms with Gasteiger partial charge in [0.2, 0.25) is 0 Å². The van der Waals surface area contributed by atoms with Crippen molar-refractivity contribution in [2.24, 2.45) is 10.2 Å². The summed E-state index contributed by atoms with van der Waals surface area (Å²) in [4.78, 5) is 22.9. The van der Waals surface area contributed by atoms with Crippen molar-refractivity contribution >= 4 is 27.8 Å². The van der Waals surface area contributed by atoms with E-state index in [0.717, 1.165) is 4.68 Å². The summed E-state index contributed by atoms with van der Waals surface area (Å²) >= 11 is 3.19. The van der Waals surface area contributed by atoms with Crippen LogP contribution in [-0.4, -0.2) is 39.0 Å². The molecular formula is C13H14BrN5O3. The topological polar surface area (TPSA) is 109 Å². The van der Waals surface area contributed by atoms with Gasteiger partial charge in [-0.05, 0) is 15.9 Å². The van der Waals surface area contributed by atoms with Crippen LogP contribution in [0.3, 0.4) is 0 Å². The summed E-state index contributed by atoms with van der Waals surface area (Å²) in [5.74, 6) is 1.06. The van der Waals surface area contributed by atoms with Gasteiger partial charge in [-0.2, -0.15) is 15.3 Å². The van der Waals surface area contributed by atoms with Crippen LogP contribution < -0.4 is 5.32 Å². The first-order valence-corrected chi connectivity index (χ1v) is 7.35. The van der Waals surface area contributed by atoms with Crippen LogP contribution in [-0.2, 0) is 11.3 Å². The van der Waals surface area contributed by atoms with E-state index < -0.39 is 17.5 Å². The smallest absolute Gasteiger partial charge is 0.325 e. The van der Waals surface area contributed by atoms with Crippen LogP contribution in [0.25, 0.3) is 0 Å². The molecular weight excluding hydrogens is 354 g/mol. The van der Waals surface area contributed by atoms with Crippen LogP contribution in [0.2, 0.25) is 0 Å². The molecule has 2 heterocycles. The number of hydrogen-bond acceptors (Lipinski definition) is 5. The number of hydrogen-bond donors (Lipinski definition) is 2. The van der Waals surface area contributed by atoms with Gasteiger partial charge in [0.05, 0.1) is 10.7 Å². The van der Waals surface area contributed by atoms with Crippen molar-refractivity contribution in [1.29, 1.82) is 0 Å². The molecule has 0 saturated carbocycles. The first-order chi connectivity index (χ1) is 10.5. The van der Waals surface area contributed by atoms with Crippen LogP contribution in [0.1, 0.15) is 29.8 Å². The molecule has 116 valence electrons. The summed E-state index contributed by atoms with van der Waals surface area (Å²) < 4.78 is 1.57. The fourth-order valence-corrected chi connectivity index (χ4v) is 2.44. The van der Waals surface area contributed by atoms with E-state index in [-0.39, 0.29) is 12.2 Å². The zero-order valence-corrected chi connectivity index (χ0v) is 13.2. The number of aromatic nitrogens is 2. The number of halogens is 1. The molecule has 0 spiro atoms. The Morgan fingerprint density at radius 3 is 2.77 bits per heavy atom. The van der Waals surface area contributed by atoms with Gasteiger partial charge in [0.15, 0.2) is 5.66 Å². The Labute approximate surface area is 135 Å². The van der Waals surface area contributed by atoms with E-state index in [0.29, 0.717) is 30.3 Å². The fourth-order valence-electron chi connectivity index (χ4n) is 1.96. The Balaban J connectivity index is 1.89. The third kappa shape index (κ3) is 3.92. The van der Waals surface area contributed by atoms with E-state index in [2.05, 4.69) is 42.5 Å². The van der Waals surface area contributed by atoms with Gasteiger partial charge in [0, 0.05) is 25.8 Å². The lowest BCUT2D eigenvalue weighted by Crippen LogP contribution is -2.31. The molecule has 0 aliphatic carbocycles. The lowest BCUT2D eigenvalue weighted by Gasteiger charge is -2.10. The van der Waals surface area contributed by atoms with E-state index >= 15 is 0 Å². The second-order valence-electron chi connectivity index (χ2n) is 4.78. The Kier molecular flexibility index (Phi) is 4.92. The largest absolute Gasteiger partial charge is 0.480 e. The van der Waals surface area contributed by atoms with Gasteiger partial charge in [-0.25, -0.2) is 4.68 Å². The van der Waals surface area contributed by atoms with Crippen LogP contribution in [0.5, 0.6) is 0 Å². The van der Waals surface area contributed by atoms with Crippen molar-refractivity contribution in [2.75, 3.05) is 6.54 Å². The van der Waals surface area contributed by atoms with Crippen molar-refractivity contribution < 1.29 is 14.7 Å². The number of carboxylic acids is 1. The van der Waals surface area contributed by atoms with Crippen LogP contribution in [0.4, 0.5) is 0 Å². The minimum absolute atomic E-state index is 0.171. The molecule has 2 rings (SSSR count). The summed E-state index contributed by atoms with van der Waals surface area (Å²) in [6.45, 7) is -0.0216. The summed E-state index contributed by atoms with van der Waals surface area (Å²) in [6, 6.07) is 0. The number of carbonyl (C=O) groups excluding carboxylic acids is 1. The average Bonchev–Trinajstić information content (AvgIpc) is 3.13. The maximum Gasteiger partial charge on any atom is 0.325 e. The van der Waals surface area contributed by atoms with Crippen molar-refractivity contribution in [2.45, 2.75) is 31.5 Å². The highest BCUT2D eigenvalue weighted by Gasteiger charge is 2.38. The van der Waals surface area contributed by atoms with Crippen molar-refractivity contribution in [3.05, 3.63) is 16.4 Å². The molecule has 2 N–H and O–H groups in total. The molecule has 8 nitrogen and oxygen atoms in total. The number of amides is 1. The highest BCUT2D eigenvalue weighted by molar-refractivity contribution is 9.10. The van der Waals surface area contributed by atoms with Crippen LogP contribution >= 0.6 is 15.9 Å². The molecule has 1 aliphatic rings. The van der Waals surface area contributed by atoms with E-state index in [4.69, 9.17) is 11.5 Å². The Morgan fingerprint density at radius 2 is 2.18 bits per heavy atom. The van der Waals surface area contributed by atoms with E-state index in [1.54, 1.807) is 0 Å². The number of terminal acetylenes is 1. The second kappa shape index (κ2) is 6.70. The molecule has 1 amide bonds. The molecule has 22 heavy (non-hydrogen) atoms. The number of carboxylic acid groups (broad SMARTS) is 1. The van der Waals surface area contributed by atoms with Gasteiger partial charge in [-0.15, -0.1) is 12.3 Å². The van der Waals surface area contributed by atoms with Gasteiger partial charge < -0.3 is 10.4 Å². The second-order valence-corrected chi connectivity index (χ2v) is 5.64. The van der Waals surface area contributed by atoms with Crippen molar-refractivity contribution in [3.8, 4) is 12.3 Å². The normalized spacial score (nSPS) is 14.4. The molecule has 1 aromatic rings. The minimum atomic E-state index is -1.08. The number of nitrogens with zero attached hydrogens (tertiary/aromatic N) is 4. The molecule has 1 aromatic heterocycles. The van der Waals surface area contributed by atoms with Crippen molar-refractivity contribution in [1.82, 2.24) is 15.1 Å². The van der Waals surface area contributed by atoms with Crippen LogP contribution in [0.15, 0.2) is 20.9 Å². The van der Waals surface area contributed by atoms with Gasteiger partial charge in [0.25, 0.3) is 5.91 Å². The summed E-state index contributed by atoms with van der Waals surface area (Å²) in [7, 11) is 0. The first kappa shape index (κ1) is 16.2. The molecule has 0 atom stereocenters. The lowest BCUT2D eigenvalue weighted by atomic mass is 10.0. The lowest BCUT2D eigenvalue weighted by molar-refractivity contribution is -0.137. The number of carbonyl (C=O) groups is 2. The highest BCUT2D eigenvalue weighted by atomic mass is 79.9. The monoisotopic (exact) mass is 367 g/mol. The quantitative estimate of drug-likeness (QED) is 0.677. The predicted molar refractivity (Wildman–Crippen MR) is 80.2 cm³/mol. The average molecular weight is 368 g/mol. The Morgan fingerprint density at radius 1 is 1.45 bits per heavy atom. The van der Waals surface area contributed by atoms with E-state index in [9.17, 15) is 9.59 Å². The summed E-state index contributed by atoms with van der Waals surface area (Å²) in [5, 5.41) is 23.3. The number of rotatable bonds is 8. The molecule has 0 aromatic carbocycles. The molecule has 0 fully saturated rings. The maximum absolute atomic E-state index is 12.2.